The third kappa shape index (κ3) is 4.00. The molecule has 150 valence electrons. The normalized spacial score (nSPS) is 13.6. The summed E-state index contributed by atoms with van der Waals surface area (Å²) in [5.74, 6) is 1.67. The number of hydrogen-bond donors (Lipinski definition) is 0. The predicted molar refractivity (Wildman–Crippen MR) is 110 cm³/mol. The average molecular weight is 403 g/mol. The van der Waals surface area contributed by atoms with Crippen molar-refractivity contribution in [3.63, 3.8) is 0 Å². The van der Waals surface area contributed by atoms with E-state index in [0.717, 1.165) is 11.1 Å². The maximum Gasteiger partial charge on any atom is 0.269 e. The summed E-state index contributed by atoms with van der Waals surface area (Å²) in [7, 11) is 1.58. The number of benzene rings is 3. The molecular formula is C23H17NO6. The number of allylic oxidation sites excluding steroid dienone is 1. The number of rotatable bonds is 6. The maximum atomic E-state index is 12.6. The summed E-state index contributed by atoms with van der Waals surface area (Å²) in [6.07, 6.45) is 1.67. The van der Waals surface area contributed by atoms with Gasteiger partial charge in [0.25, 0.3) is 5.69 Å². The van der Waals surface area contributed by atoms with E-state index in [-0.39, 0.29) is 23.8 Å². The molecule has 7 nitrogen and oxygen atoms in total. The van der Waals surface area contributed by atoms with Crippen molar-refractivity contribution in [1.29, 1.82) is 0 Å². The molecule has 0 bridgehead atoms. The van der Waals surface area contributed by atoms with Crippen LogP contribution in [0, 0.1) is 10.1 Å². The fraction of sp³-hybridized carbons (Fsp3) is 0.0870. The lowest BCUT2D eigenvalue weighted by Gasteiger charge is -2.07. The van der Waals surface area contributed by atoms with Crippen molar-refractivity contribution in [2.45, 2.75) is 6.61 Å². The van der Waals surface area contributed by atoms with Gasteiger partial charge < -0.3 is 14.2 Å². The second-order valence-electron chi connectivity index (χ2n) is 6.59. The number of non-ortho nitro benzene ring substituents is 1. The lowest BCUT2D eigenvalue weighted by Crippen LogP contribution is -1.98. The molecule has 0 aromatic heterocycles. The Labute approximate surface area is 172 Å². The summed E-state index contributed by atoms with van der Waals surface area (Å²) >= 11 is 0. The molecule has 0 saturated heterocycles. The Bertz CT molecular complexity index is 1150. The van der Waals surface area contributed by atoms with E-state index in [2.05, 4.69) is 0 Å². The summed E-state index contributed by atoms with van der Waals surface area (Å²) in [6, 6.07) is 18.5. The first-order valence-corrected chi connectivity index (χ1v) is 9.12. The van der Waals surface area contributed by atoms with Crippen LogP contribution in [0.15, 0.2) is 72.5 Å². The van der Waals surface area contributed by atoms with E-state index in [4.69, 9.17) is 14.2 Å². The standard InChI is InChI=1S/C23H17NO6/c1-28-18-4-2-3-16(11-18)12-22-23(25)20-10-9-19(13-21(20)30-22)29-14-15-5-7-17(8-6-15)24(26)27/h2-13H,14H2,1H3/b22-12-. The molecule has 0 aliphatic carbocycles. The summed E-state index contributed by atoms with van der Waals surface area (Å²) in [4.78, 5) is 22.9. The monoisotopic (exact) mass is 403 g/mol. The van der Waals surface area contributed by atoms with Gasteiger partial charge in [-0.05, 0) is 53.6 Å². The van der Waals surface area contributed by atoms with Crippen LogP contribution in [0.1, 0.15) is 21.5 Å². The lowest BCUT2D eigenvalue weighted by atomic mass is 10.1. The molecular weight excluding hydrogens is 386 g/mol. The molecule has 0 amide bonds. The first-order valence-electron chi connectivity index (χ1n) is 9.12. The smallest absolute Gasteiger partial charge is 0.269 e. The van der Waals surface area contributed by atoms with Gasteiger partial charge in [-0.25, -0.2) is 0 Å². The highest BCUT2D eigenvalue weighted by molar-refractivity contribution is 6.14. The molecule has 0 unspecified atom stereocenters. The minimum absolute atomic E-state index is 0.0264. The quantitative estimate of drug-likeness (QED) is 0.334. The summed E-state index contributed by atoms with van der Waals surface area (Å²) < 4.78 is 16.7. The van der Waals surface area contributed by atoms with Gasteiger partial charge in [0.05, 0.1) is 17.6 Å². The van der Waals surface area contributed by atoms with Gasteiger partial charge in [-0.3, -0.25) is 14.9 Å². The Kier molecular flexibility index (Phi) is 5.17. The third-order valence-corrected chi connectivity index (χ3v) is 4.59. The molecule has 0 spiro atoms. The average Bonchev–Trinajstić information content (AvgIpc) is 3.07. The van der Waals surface area contributed by atoms with Crippen molar-refractivity contribution in [1.82, 2.24) is 0 Å². The van der Waals surface area contributed by atoms with Crippen LogP contribution in [0.3, 0.4) is 0 Å². The Balaban J connectivity index is 1.47. The van der Waals surface area contributed by atoms with Crippen LogP contribution in [-0.4, -0.2) is 17.8 Å². The van der Waals surface area contributed by atoms with Crippen LogP contribution in [0.5, 0.6) is 17.2 Å². The largest absolute Gasteiger partial charge is 0.497 e. The summed E-state index contributed by atoms with van der Waals surface area (Å²) in [5.41, 5.74) is 2.07. The van der Waals surface area contributed by atoms with Crippen LogP contribution >= 0.6 is 0 Å². The number of hydrogen-bond acceptors (Lipinski definition) is 6. The highest BCUT2D eigenvalue weighted by Crippen LogP contribution is 2.35. The van der Waals surface area contributed by atoms with Crippen molar-refractivity contribution in [3.05, 3.63) is 99.3 Å². The van der Waals surface area contributed by atoms with E-state index >= 15 is 0 Å². The SMILES string of the molecule is COc1cccc(/C=C2\Oc3cc(OCc4ccc([N+](=O)[O-])cc4)ccc3C2=O)c1. The van der Waals surface area contributed by atoms with Gasteiger partial charge in [-0.1, -0.05) is 12.1 Å². The van der Waals surface area contributed by atoms with Gasteiger partial charge in [0.15, 0.2) is 5.76 Å². The van der Waals surface area contributed by atoms with E-state index < -0.39 is 4.92 Å². The number of nitrogens with zero attached hydrogens (tertiary/aromatic N) is 1. The summed E-state index contributed by atoms with van der Waals surface area (Å²) in [5, 5.41) is 10.7. The molecule has 0 fully saturated rings. The fourth-order valence-electron chi connectivity index (χ4n) is 3.02. The molecule has 3 aromatic rings. The Morgan fingerprint density at radius 3 is 2.57 bits per heavy atom. The van der Waals surface area contributed by atoms with Crippen molar-refractivity contribution < 1.29 is 23.9 Å². The van der Waals surface area contributed by atoms with Gasteiger partial charge >= 0.3 is 0 Å². The first-order chi connectivity index (χ1) is 14.5. The number of ketones is 1. The van der Waals surface area contributed by atoms with Gasteiger partial charge in [-0.15, -0.1) is 0 Å². The molecule has 0 N–H and O–H groups in total. The van der Waals surface area contributed by atoms with Crippen molar-refractivity contribution in [2.24, 2.45) is 0 Å². The molecule has 0 radical (unpaired) electrons. The van der Waals surface area contributed by atoms with Crippen molar-refractivity contribution >= 4 is 17.5 Å². The topological polar surface area (TPSA) is 87.9 Å². The zero-order chi connectivity index (χ0) is 21.1. The Morgan fingerprint density at radius 1 is 1.03 bits per heavy atom. The van der Waals surface area contributed by atoms with E-state index in [9.17, 15) is 14.9 Å². The van der Waals surface area contributed by atoms with Gasteiger partial charge in [0.1, 0.15) is 23.9 Å². The van der Waals surface area contributed by atoms with Gasteiger partial charge in [-0.2, -0.15) is 0 Å². The number of ether oxygens (including phenoxy) is 3. The number of carbonyl (C=O) groups excluding carboxylic acids is 1. The Hall–Kier alpha value is -4.13. The second kappa shape index (κ2) is 8.08. The molecule has 3 aromatic carbocycles. The van der Waals surface area contributed by atoms with Crippen molar-refractivity contribution in [3.8, 4) is 17.2 Å². The fourth-order valence-corrected chi connectivity index (χ4v) is 3.02. The molecule has 1 heterocycles. The second-order valence-corrected chi connectivity index (χ2v) is 6.59. The zero-order valence-electron chi connectivity index (χ0n) is 16.0. The molecule has 4 rings (SSSR count). The van der Waals surface area contributed by atoms with E-state index in [1.54, 1.807) is 43.5 Å². The first kappa shape index (κ1) is 19.2. The minimum Gasteiger partial charge on any atom is -0.497 e. The van der Waals surface area contributed by atoms with Crippen LogP contribution in [0.25, 0.3) is 6.08 Å². The number of Topliss-reactive ketones (excluding diaryl/α,β-unsaturated/α-hetero) is 1. The number of carbonyl (C=O) groups is 1. The Morgan fingerprint density at radius 2 is 1.83 bits per heavy atom. The number of nitro benzene ring substituents is 1. The molecule has 0 atom stereocenters. The maximum absolute atomic E-state index is 12.6. The third-order valence-electron chi connectivity index (χ3n) is 4.59. The van der Waals surface area contributed by atoms with Gasteiger partial charge in [0.2, 0.25) is 5.78 Å². The molecule has 1 aliphatic rings. The number of methoxy groups -OCH3 is 1. The van der Waals surface area contributed by atoms with Crippen LogP contribution in [0.2, 0.25) is 0 Å². The van der Waals surface area contributed by atoms with E-state index in [0.29, 0.717) is 22.8 Å². The van der Waals surface area contributed by atoms with E-state index in [1.165, 1.54) is 12.1 Å². The highest BCUT2D eigenvalue weighted by Gasteiger charge is 2.27. The van der Waals surface area contributed by atoms with Gasteiger partial charge in [0, 0.05) is 18.2 Å². The summed E-state index contributed by atoms with van der Waals surface area (Å²) in [6.45, 7) is 0.233. The predicted octanol–water partition coefficient (Wildman–Crippen LogP) is 4.80. The molecule has 30 heavy (non-hydrogen) atoms. The van der Waals surface area contributed by atoms with Crippen LogP contribution in [-0.2, 0) is 6.61 Å². The van der Waals surface area contributed by atoms with E-state index in [1.807, 2.05) is 24.3 Å². The van der Waals surface area contributed by atoms with Crippen LogP contribution in [0.4, 0.5) is 5.69 Å². The number of nitro groups is 1. The molecule has 1 aliphatic heterocycles. The zero-order valence-corrected chi connectivity index (χ0v) is 16.0. The molecule has 0 saturated carbocycles. The number of fused-ring (bicyclic) bond motifs is 1. The highest BCUT2D eigenvalue weighted by atomic mass is 16.6. The van der Waals surface area contributed by atoms with Crippen molar-refractivity contribution in [2.75, 3.05) is 7.11 Å². The molecule has 7 heteroatoms. The minimum atomic E-state index is -0.448. The lowest BCUT2D eigenvalue weighted by molar-refractivity contribution is -0.384. The van der Waals surface area contributed by atoms with Crippen LogP contribution < -0.4 is 14.2 Å².